The number of carbonyl (C=O) groups is 1. The van der Waals surface area contributed by atoms with Crippen LogP contribution in [0.3, 0.4) is 0 Å². The Morgan fingerprint density at radius 3 is 2.53 bits per heavy atom. The molecule has 1 amide bonds. The summed E-state index contributed by atoms with van der Waals surface area (Å²) in [5.41, 5.74) is 0. The van der Waals surface area contributed by atoms with Crippen molar-refractivity contribution < 1.29 is 4.79 Å². The van der Waals surface area contributed by atoms with Gasteiger partial charge in [-0.05, 0) is 6.42 Å². The zero-order valence-electron chi connectivity index (χ0n) is 10.8. The van der Waals surface area contributed by atoms with Crippen LogP contribution in [0.25, 0.3) is 0 Å². The Bertz CT molecular complexity index is 279. The average molecular weight is 238 g/mol. The Morgan fingerprint density at radius 1 is 1.41 bits per heavy atom. The summed E-state index contributed by atoms with van der Waals surface area (Å²) in [5, 5.41) is 11.7. The summed E-state index contributed by atoms with van der Waals surface area (Å²) in [6.07, 6.45) is 1.97. The minimum atomic E-state index is 0.0437. The molecule has 0 aromatic heterocycles. The fraction of sp³-hybridized carbons (Fsp3) is 0.833. The maximum Gasteiger partial charge on any atom is 0.233 e. The van der Waals surface area contributed by atoms with Crippen molar-refractivity contribution in [2.24, 2.45) is 0 Å². The molecule has 0 aromatic rings. The van der Waals surface area contributed by atoms with E-state index in [0.29, 0.717) is 6.54 Å². The summed E-state index contributed by atoms with van der Waals surface area (Å²) in [4.78, 5) is 15.6. The zero-order valence-corrected chi connectivity index (χ0v) is 10.8. The molecule has 0 aromatic carbocycles. The van der Waals surface area contributed by atoms with E-state index in [1.165, 1.54) is 0 Å². The fourth-order valence-corrected chi connectivity index (χ4v) is 2.12. The van der Waals surface area contributed by atoms with E-state index in [-0.39, 0.29) is 11.9 Å². The van der Waals surface area contributed by atoms with Crippen molar-refractivity contribution in [2.45, 2.75) is 25.8 Å². The molecule has 1 atom stereocenters. The van der Waals surface area contributed by atoms with Gasteiger partial charge in [0.2, 0.25) is 5.91 Å². The monoisotopic (exact) mass is 238 g/mol. The van der Waals surface area contributed by atoms with Crippen molar-refractivity contribution in [1.82, 2.24) is 15.1 Å². The van der Waals surface area contributed by atoms with Gasteiger partial charge in [-0.15, -0.1) is 0 Å². The number of nitriles is 1. The quantitative estimate of drug-likeness (QED) is 0.735. The van der Waals surface area contributed by atoms with Gasteiger partial charge in [0.15, 0.2) is 0 Å². The normalized spacial score (nSPS) is 19.6. The van der Waals surface area contributed by atoms with Crippen LogP contribution in [0, 0.1) is 11.3 Å². The number of nitrogens with one attached hydrogen (secondary N) is 1. The molecule has 0 bridgehead atoms. The molecule has 1 fully saturated rings. The number of amides is 1. The summed E-state index contributed by atoms with van der Waals surface area (Å²) < 4.78 is 0. The van der Waals surface area contributed by atoms with Crippen LogP contribution in [0.15, 0.2) is 0 Å². The molecule has 1 unspecified atom stereocenters. The average Bonchev–Trinajstić information content (AvgIpc) is 2.37. The predicted molar refractivity (Wildman–Crippen MR) is 66.4 cm³/mol. The van der Waals surface area contributed by atoms with Crippen LogP contribution in [-0.4, -0.2) is 61.5 Å². The smallest absolute Gasteiger partial charge is 0.233 e. The Balaban J connectivity index is 2.34. The number of likely N-dealkylation sites (N-methyl/N-ethyl adjacent to an activating group) is 1. The third-order valence-corrected chi connectivity index (χ3v) is 3.20. The highest BCUT2D eigenvalue weighted by molar-refractivity contribution is 5.77. The second-order valence-corrected chi connectivity index (χ2v) is 4.42. The highest BCUT2D eigenvalue weighted by Gasteiger charge is 2.23. The van der Waals surface area contributed by atoms with E-state index >= 15 is 0 Å². The summed E-state index contributed by atoms with van der Waals surface area (Å²) in [6.45, 7) is 6.08. The molecule has 96 valence electrons. The number of hydrogen-bond acceptors (Lipinski definition) is 4. The van der Waals surface area contributed by atoms with Gasteiger partial charge in [0.05, 0.1) is 18.7 Å². The van der Waals surface area contributed by atoms with Crippen LogP contribution < -0.4 is 5.32 Å². The van der Waals surface area contributed by atoms with Crippen molar-refractivity contribution in [3.63, 3.8) is 0 Å². The minimum absolute atomic E-state index is 0.0437. The molecule has 0 radical (unpaired) electrons. The third kappa shape index (κ3) is 4.33. The maximum absolute atomic E-state index is 11.2. The Hall–Kier alpha value is -1.12. The van der Waals surface area contributed by atoms with E-state index in [2.05, 4.69) is 28.1 Å². The first-order chi connectivity index (χ1) is 8.21. The fourth-order valence-electron chi connectivity index (χ4n) is 2.12. The molecule has 17 heavy (non-hydrogen) atoms. The lowest BCUT2D eigenvalue weighted by molar-refractivity contribution is -0.122. The van der Waals surface area contributed by atoms with E-state index < -0.39 is 0 Å². The highest BCUT2D eigenvalue weighted by Crippen LogP contribution is 2.10. The first-order valence-electron chi connectivity index (χ1n) is 6.27. The molecule has 1 N–H and O–H groups in total. The highest BCUT2D eigenvalue weighted by atomic mass is 16.1. The van der Waals surface area contributed by atoms with E-state index in [1.807, 2.05) is 0 Å². The molecule has 0 aliphatic carbocycles. The van der Waals surface area contributed by atoms with Gasteiger partial charge in [-0.1, -0.05) is 13.3 Å². The minimum Gasteiger partial charge on any atom is -0.358 e. The van der Waals surface area contributed by atoms with Crippen LogP contribution >= 0.6 is 0 Å². The standard InChI is InChI=1S/C12H22N4O/c1-3-4-11(9-13)16-7-5-15(6-8-16)10-12(17)14-2/h11H,3-8,10H2,1-2H3,(H,14,17). The van der Waals surface area contributed by atoms with Crippen molar-refractivity contribution in [3.8, 4) is 6.07 Å². The lowest BCUT2D eigenvalue weighted by Crippen LogP contribution is -2.51. The summed E-state index contributed by atoms with van der Waals surface area (Å²) >= 11 is 0. The van der Waals surface area contributed by atoms with E-state index in [1.54, 1.807) is 7.05 Å². The van der Waals surface area contributed by atoms with Gasteiger partial charge in [-0.2, -0.15) is 5.26 Å². The molecule has 1 heterocycles. The Morgan fingerprint density at radius 2 is 2.06 bits per heavy atom. The van der Waals surface area contributed by atoms with Gasteiger partial charge in [0.25, 0.3) is 0 Å². The summed E-state index contributed by atoms with van der Waals surface area (Å²) in [5.74, 6) is 0.0591. The number of rotatable bonds is 5. The van der Waals surface area contributed by atoms with Crippen molar-refractivity contribution in [1.29, 1.82) is 5.26 Å². The van der Waals surface area contributed by atoms with E-state index in [4.69, 9.17) is 5.26 Å². The number of carbonyl (C=O) groups excluding carboxylic acids is 1. The van der Waals surface area contributed by atoms with Crippen LogP contribution in [0.1, 0.15) is 19.8 Å². The van der Waals surface area contributed by atoms with Gasteiger partial charge in [-0.25, -0.2) is 0 Å². The van der Waals surface area contributed by atoms with Gasteiger partial charge < -0.3 is 5.32 Å². The Kier molecular flexibility index (Phi) is 5.95. The van der Waals surface area contributed by atoms with Gasteiger partial charge in [-0.3, -0.25) is 14.6 Å². The second kappa shape index (κ2) is 7.25. The zero-order chi connectivity index (χ0) is 12.7. The molecule has 0 saturated carbocycles. The molecular weight excluding hydrogens is 216 g/mol. The lowest BCUT2D eigenvalue weighted by Gasteiger charge is -2.36. The number of nitrogens with zero attached hydrogens (tertiary/aromatic N) is 3. The maximum atomic E-state index is 11.2. The Labute approximate surface area is 103 Å². The van der Waals surface area contributed by atoms with Crippen LogP contribution in [0.5, 0.6) is 0 Å². The van der Waals surface area contributed by atoms with Gasteiger partial charge >= 0.3 is 0 Å². The van der Waals surface area contributed by atoms with Gasteiger partial charge in [0.1, 0.15) is 0 Å². The van der Waals surface area contributed by atoms with Crippen molar-refractivity contribution >= 4 is 5.91 Å². The van der Waals surface area contributed by atoms with E-state index in [9.17, 15) is 4.79 Å². The molecule has 5 heteroatoms. The molecule has 1 aliphatic rings. The van der Waals surface area contributed by atoms with Crippen molar-refractivity contribution in [3.05, 3.63) is 0 Å². The molecular formula is C12H22N4O. The molecule has 1 rings (SSSR count). The lowest BCUT2D eigenvalue weighted by atomic mass is 10.1. The first-order valence-corrected chi connectivity index (χ1v) is 6.27. The summed E-state index contributed by atoms with van der Waals surface area (Å²) in [6, 6.07) is 2.41. The predicted octanol–water partition coefficient (Wildman–Crippen LogP) is 0.0423. The molecule has 1 aliphatic heterocycles. The largest absolute Gasteiger partial charge is 0.358 e. The summed E-state index contributed by atoms with van der Waals surface area (Å²) in [7, 11) is 1.66. The van der Waals surface area contributed by atoms with Crippen LogP contribution in [-0.2, 0) is 4.79 Å². The third-order valence-electron chi connectivity index (χ3n) is 3.20. The number of hydrogen-bond donors (Lipinski definition) is 1. The van der Waals surface area contributed by atoms with Crippen molar-refractivity contribution in [2.75, 3.05) is 39.8 Å². The second-order valence-electron chi connectivity index (χ2n) is 4.42. The van der Waals surface area contributed by atoms with Gasteiger partial charge in [0, 0.05) is 33.2 Å². The molecule has 5 nitrogen and oxygen atoms in total. The first kappa shape index (κ1) is 13.9. The van der Waals surface area contributed by atoms with E-state index in [0.717, 1.165) is 39.0 Å². The topological polar surface area (TPSA) is 59.4 Å². The van der Waals surface area contributed by atoms with Crippen LogP contribution in [0.4, 0.5) is 0 Å². The van der Waals surface area contributed by atoms with Crippen LogP contribution in [0.2, 0.25) is 0 Å². The molecule has 0 spiro atoms. The number of piperazine rings is 1. The molecule has 1 saturated heterocycles. The SMILES string of the molecule is CCCC(C#N)N1CCN(CC(=O)NC)CC1.